The van der Waals surface area contributed by atoms with Gasteiger partial charge in [-0.3, -0.25) is 9.59 Å². The Morgan fingerprint density at radius 1 is 0.947 bits per heavy atom. The topological polar surface area (TPSA) is 66.4 Å². The number of allylic oxidation sites excluding steroid dienone is 1. The third-order valence-corrected chi connectivity index (χ3v) is 2.95. The highest BCUT2D eigenvalue weighted by Gasteiger charge is 2.01. The van der Waals surface area contributed by atoms with Crippen LogP contribution in [0.2, 0.25) is 0 Å². The predicted molar refractivity (Wildman–Crippen MR) is 77.0 cm³/mol. The van der Waals surface area contributed by atoms with Gasteiger partial charge in [-0.2, -0.15) is 0 Å². The van der Waals surface area contributed by atoms with Crippen molar-refractivity contribution in [2.75, 3.05) is 6.54 Å². The van der Waals surface area contributed by atoms with Crippen LogP contribution < -0.4 is 5.32 Å². The van der Waals surface area contributed by atoms with E-state index in [9.17, 15) is 9.59 Å². The van der Waals surface area contributed by atoms with E-state index in [1.165, 1.54) is 25.7 Å². The number of hydrogen-bond donors (Lipinski definition) is 2. The van der Waals surface area contributed by atoms with Gasteiger partial charge in [0, 0.05) is 19.4 Å². The van der Waals surface area contributed by atoms with Gasteiger partial charge < -0.3 is 10.4 Å². The van der Waals surface area contributed by atoms with Crippen molar-refractivity contribution in [3.05, 3.63) is 12.7 Å². The molecule has 0 rings (SSSR count). The molecule has 110 valence electrons. The fourth-order valence-corrected chi connectivity index (χ4v) is 1.84. The van der Waals surface area contributed by atoms with Gasteiger partial charge in [-0.25, -0.2) is 0 Å². The van der Waals surface area contributed by atoms with Crippen molar-refractivity contribution in [1.29, 1.82) is 0 Å². The number of aliphatic carboxylic acids is 1. The van der Waals surface area contributed by atoms with E-state index in [0.29, 0.717) is 19.4 Å². The van der Waals surface area contributed by atoms with Gasteiger partial charge in [-0.05, 0) is 25.7 Å². The van der Waals surface area contributed by atoms with E-state index in [-0.39, 0.29) is 12.3 Å². The van der Waals surface area contributed by atoms with Gasteiger partial charge in [0.2, 0.25) is 5.91 Å². The van der Waals surface area contributed by atoms with Crippen LogP contribution in [0.4, 0.5) is 0 Å². The number of hydrogen-bond acceptors (Lipinski definition) is 2. The normalized spacial score (nSPS) is 10.1. The van der Waals surface area contributed by atoms with Crippen LogP contribution in [0, 0.1) is 0 Å². The highest BCUT2D eigenvalue weighted by Crippen LogP contribution is 2.08. The number of carbonyl (C=O) groups is 2. The minimum atomic E-state index is -0.814. The van der Waals surface area contributed by atoms with Crippen LogP contribution in [-0.2, 0) is 9.59 Å². The third-order valence-electron chi connectivity index (χ3n) is 2.95. The lowest BCUT2D eigenvalue weighted by Gasteiger charge is -2.04. The SMILES string of the molecule is C=CCCCCCCCCC(=O)NCCCC(=O)O. The Labute approximate surface area is 116 Å². The Hall–Kier alpha value is -1.32. The summed E-state index contributed by atoms with van der Waals surface area (Å²) in [7, 11) is 0. The zero-order valence-electron chi connectivity index (χ0n) is 11.8. The van der Waals surface area contributed by atoms with Gasteiger partial charge >= 0.3 is 5.97 Å². The lowest BCUT2D eigenvalue weighted by molar-refractivity contribution is -0.137. The number of rotatable bonds is 13. The first-order valence-corrected chi connectivity index (χ1v) is 7.26. The molecule has 0 fully saturated rings. The van der Waals surface area contributed by atoms with Crippen molar-refractivity contribution in [2.24, 2.45) is 0 Å². The number of nitrogens with one attached hydrogen (secondary N) is 1. The van der Waals surface area contributed by atoms with E-state index in [0.717, 1.165) is 19.3 Å². The molecular weight excluding hydrogens is 242 g/mol. The van der Waals surface area contributed by atoms with Crippen LogP contribution >= 0.6 is 0 Å². The lowest BCUT2D eigenvalue weighted by atomic mass is 10.1. The zero-order valence-corrected chi connectivity index (χ0v) is 11.8. The Balaban J connectivity index is 3.20. The van der Waals surface area contributed by atoms with E-state index < -0.39 is 5.97 Å². The number of unbranched alkanes of at least 4 members (excludes halogenated alkanes) is 6. The number of amides is 1. The minimum Gasteiger partial charge on any atom is -0.481 e. The molecule has 0 aromatic heterocycles. The fourth-order valence-electron chi connectivity index (χ4n) is 1.84. The Kier molecular flexibility index (Phi) is 12.2. The molecule has 0 heterocycles. The van der Waals surface area contributed by atoms with Gasteiger partial charge in [-0.15, -0.1) is 6.58 Å². The van der Waals surface area contributed by atoms with Crippen LogP contribution in [0.1, 0.15) is 64.2 Å². The Bertz CT molecular complexity index is 264. The largest absolute Gasteiger partial charge is 0.481 e. The summed E-state index contributed by atoms with van der Waals surface area (Å²) in [4.78, 5) is 21.7. The molecule has 0 aromatic rings. The van der Waals surface area contributed by atoms with Gasteiger partial charge in [0.1, 0.15) is 0 Å². The highest BCUT2D eigenvalue weighted by atomic mass is 16.4. The summed E-state index contributed by atoms with van der Waals surface area (Å²) in [5, 5.41) is 11.2. The average Bonchev–Trinajstić information content (AvgIpc) is 2.37. The van der Waals surface area contributed by atoms with Crippen molar-refractivity contribution < 1.29 is 14.7 Å². The predicted octanol–water partition coefficient (Wildman–Crippen LogP) is 3.27. The van der Waals surface area contributed by atoms with E-state index >= 15 is 0 Å². The maximum atomic E-state index is 11.4. The first kappa shape index (κ1) is 17.7. The maximum absolute atomic E-state index is 11.4. The van der Waals surface area contributed by atoms with E-state index in [2.05, 4.69) is 11.9 Å². The molecule has 0 aliphatic heterocycles. The third kappa shape index (κ3) is 14.6. The molecule has 0 aromatic carbocycles. The van der Waals surface area contributed by atoms with Crippen LogP contribution in [-0.4, -0.2) is 23.5 Å². The maximum Gasteiger partial charge on any atom is 0.303 e. The second kappa shape index (κ2) is 13.1. The fraction of sp³-hybridized carbons (Fsp3) is 0.733. The van der Waals surface area contributed by atoms with Crippen molar-refractivity contribution in [3.8, 4) is 0 Å². The number of carboxylic acid groups (broad SMARTS) is 1. The molecule has 0 saturated carbocycles. The summed E-state index contributed by atoms with van der Waals surface area (Å²) in [6.45, 7) is 4.16. The first-order valence-electron chi connectivity index (χ1n) is 7.26. The molecule has 0 aliphatic rings. The van der Waals surface area contributed by atoms with Crippen LogP contribution in [0.3, 0.4) is 0 Å². The van der Waals surface area contributed by atoms with Gasteiger partial charge in [0.15, 0.2) is 0 Å². The molecule has 0 radical (unpaired) electrons. The second-order valence-corrected chi connectivity index (χ2v) is 4.80. The Morgan fingerprint density at radius 2 is 1.58 bits per heavy atom. The standard InChI is InChI=1S/C15H27NO3/c1-2-3-4-5-6-7-8-9-11-14(17)16-13-10-12-15(18)19/h2H,1,3-13H2,(H,16,17)(H,18,19). The summed E-state index contributed by atoms with van der Waals surface area (Å²) in [6, 6.07) is 0. The highest BCUT2D eigenvalue weighted by molar-refractivity contribution is 5.75. The molecule has 0 aliphatic carbocycles. The zero-order chi connectivity index (χ0) is 14.3. The monoisotopic (exact) mass is 269 g/mol. The smallest absolute Gasteiger partial charge is 0.303 e. The summed E-state index contributed by atoms with van der Waals surface area (Å²) < 4.78 is 0. The lowest BCUT2D eigenvalue weighted by Crippen LogP contribution is -2.24. The quantitative estimate of drug-likeness (QED) is 0.398. The molecule has 0 unspecified atom stereocenters. The minimum absolute atomic E-state index is 0.0389. The molecule has 0 atom stereocenters. The second-order valence-electron chi connectivity index (χ2n) is 4.80. The summed E-state index contributed by atoms with van der Waals surface area (Å²) >= 11 is 0. The average molecular weight is 269 g/mol. The number of carboxylic acids is 1. The van der Waals surface area contributed by atoms with Gasteiger partial charge in [0.25, 0.3) is 0 Å². The molecule has 1 amide bonds. The first-order chi connectivity index (χ1) is 9.16. The molecule has 19 heavy (non-hydrogen) atoms. The van der Waals surface area contributed by atoms with Crippen molar-refractivity contribution in [3.63, 3.8) is 0 Å². The molecule has 0 spiro atoms. The van der Waals surface area contributed by atoms with Crippen LogP contribution in [0.15, 0.2) is 12.7 Å². The van der Waals surface area contributed by atoms with Gasteiger partial charge in [0.05, 0.1) is 0 Å². The van der Waals surface area contributed by atoms with Crippen molar-refractivity contribution >= 4 is 11.9 Å². The molecule has 4 nitrogen and oxygen atoms in total. The van der Waals surface area contributed by atoms with Crippen LogP contribution in [0.25, 0.3) is 0 Å². The van der Waals surface area contributed by atoms with Crippen LogP contribution in [0.5, 0.6) is 0 Å². The number of carbonyl (C=O) groups excluding carboxylic acids is 1. The molecule has 4 heteroatoms. The van der Waals surface area contributed by atoms with Gasteiger partial charge in [-0.1, -0.05) is 31.8 Å². The van der Waals surface area contributed by atoms with E-state index in [1.54, 1.807) is 0 Å². The summed E-state index contributed by atoms with van der Waals surface area (Å²) in [5.74, 6) is -0.775. The molecule has 0 saturated heterocycles. The molecule has 2 N–H and O–H groups in total. The molecular formula is C15H27NO3. The summed E-state index contributed by atoms with van der Waals surface area (Å²) in [6.07, 6.45) is 11.1. The van der Waals surface area contributed by atoms with E-state index in [4.69, 9.17) is 5.11 Å². The molecule has 0 bridgehead atoms. The van der Waals surface area contributed by atoms with Crippen molar-refractivity contribution in [2.45, 2.75) is 64.2 Å². The van der Waals surface area contributed by atoms with E-state index in [1.807, 2.05) is 6.08 Å². The summed E-state index contributed by atoms with van der Waals surface area (Å²) in [5.41, 5.74) is 0. The van der Waals surface area contributed by atoms with Crippen molar-refractivity contribution in [1.82, 2.24) is 5.32 Å². The Morgan fingerprint density at radius 3 is 2.21 bits per heavy atom.